The van der Waals surface area contributed by atoms with E-state index in [2.05, 4.69) is 106 Å². The molecule has 414 valence electrons. The largest absolute Gasteiger partial charge is 0.462 e. The fraction of sp³-hybridized carbons (Fsp3) is 0.574. The molecule has 0 bridgehead atoms. The Bertz CT molecular complexity index is 1690. The lowest BCUT2D eigenvalue weighted by Gasteiger charge is -2.18. The maximum Gasteiger partial charge on any atom is 0.306 e. The number of rotatable bonds is 51. The topological polar surface area (TPSA) is 78.9 Å². The molecular formula is C68H106O6. The molecule has 1 unspecified atom stereocenters. The van der Waals surface area contributed by atoms with Crippen LogP contribution in [-0.4, -0.2) is 37.2 Å². The number of ether oxygens (including phenoxy) is 3. The molecule has 74 heavy (non-hydrogen) atoms. The van der Waals surface area contributed by atoms with Gasteiger partial charge in [0.2, 0.25) is 0 Å². The zero-order valence-electron chi connectivity index (χ0n) is 47.3. The van der Waals surface area contributed by atoms with Gasteiger partial charge in [0, 0.05) is 19.3 Å². The third-order valence-electron chi connectivity index (χ3n) is 12.0. The molecule has 0 aliphatic rings. The van der Waals surface area contributed by atoms with E-state index >= 15 is 0 Å². The van der Waals surface area contributed by atoms with E-state index < -0.39 is 6.10 Å². The van der Waals surface area contributed by atoms with Gasteiger partial charge in [0.15, 0.2) is 6.10 Å². The average molecular weight is 1020 g/mol. The molecule has 0 fully saturated rings. The number of carbonyl (C=O) groups is 3. The first-order valence-electron chi connectivity index (χ1n) is 29.6. The molecule has 0 amide bonds. The zero-order valence-corrected chi connectivity index (χ0v) is 47.3. The Balaban J connectivity index is 4.58. The standard InChI is InChI=1S/C68H106O6/c1-4-7-10-13-16-19-22-25-28-31-34-37-40-43-46-49-52-55-58-61-67(70)73-64-65(63-72-66(69)60-57-54-51-48-45-42-39-36-33-30-27-24-21-18-15-12-9-6-3)74-68(71)62-59-56-53-50-47-44-41-38-35-32-29-26-23-20-17-14-11-8-5-2/h7-8,10-11,13,16-17,19-20,22,25-26,28-31,33-40,43,46,65H,4-6,9,12,14-15,18,21,23-24,27,32,41-42,44-45,47-64H2,1-3H3/b10-7-,11-8-,16-13-,20-17-,22-19-,28-25-,29-26-,33-30-,34-31+,38-35-,39-36-,40-37-,46-43-. The number of carbonyl (C=O) groups excluding carboxylic acids is 3. The van der Waals surface area contributed by atoms with Gasteiger partial charge in [-0.15, -0.1) is 0 Å². The summed E-state index contributed by atoms with van der Waals surface area (Å²) in [7, 11) is 0. The smallest absolute Gasteiger partial charge is 0.306 e. The number of esters is 3. The minimum Gasteiger partial charge on any atom is -0.462 e. The quantitative estimate of drug-likeness (QED) is 0.0199. The highest BCUT2D eigenvalue weighted by atomic mass is 16.6. The second kappa shape index (κ2) is 60.6. The van der Waals surface area contributed by atoms with Crippen LogP contribution >= 0.6 is 0 Å². The second-order valence-corrected chi connectivity index (χ2v) is 19.0. The lowest BCUT2D eigenvalue weighted by molar-refractivity contribution is -0.167. The van der Waals surface area contributed by atoms with Gasteiger partial charge < -0.3 is 14.2 Å². The van der Waals surface area contributed by atoms with Crippen molar-refractivity contribution in [2.24, 2.45) is 0 Å². The van der Waals surface area contributed by atoms with Crippen LogP contribution in [0.2, 0.25) is 0 Å². The van der Waals surface area contributed by atoms with E-state index in [-0.39, 0.29) is 37.5 Å². The molecule has 6 heteroatoms. The van der Waals surface area contributed by atoms with Crippen LogP contribution in [0.25, 0.3) is 0 Å². The molecule has 6 nitrogen and oxygen atoms in total. The number of hydrogen-bond donors (Lipinski definition) is 0. The molecule has 0 aliphatic carbocycles. The minimum absolute atomic E-state index is 0.114. The molecule has 1 atom stereocenters. The summed E-state index contributed by atoms with van der Waals surface area (Å²) in [6.45, 7) is 6.30. The summed E-state index contributed by atoms with van der Waals surface area (Å²) in [5.74, 6) is -0.994. The van der Waals surface area contributed by atoms with Crippen molar-refractivity contribution in [1.29, 1.82) is 0 Å². The van der Waals surface area contributed by atoms with Gasteiger partial charge in [0.1, 0.15) is 13.2 Å². The van der Waals surface area contributed by atoms with Crippen molar-refractivity contribution >= 4 is 17.9 Å². The molecule has 0 saturated carbocycles. The SMILES string of the molecule is CC\C=C/C=C\C=C/C=C\C=C\C=C/C=C\CCCCCC(=O)OCC(COC(=O)CCCCCCC/C=C\C=C/CCCCCCCCC)OC(=O)CCCCCCCC/C=C\C/C=C\C/C=C\C/C=C\CC. The van der Waals surface area contributed by atoms with Crippen LogP contribution in [0.5, 0.6) is 0 Å². The van der Waals surface area contributed by atoms with Crippen LogP contribution in [-0.2, 0) is 28.6 Å². The molecule has 0 radical (unpaired) electrons. The Labute approximate surface area is 454 Å². The Morgan fingerprint density at radius 1 is 0.297 bits per heavy atom. The van der Waals surface area contributed by atoms with Crippen molar-refractivity contribution in [2.75, 3.05) is 13.2 Å². The Kier molecular flexibility index (Phi) is 56.5. The molecule has 0 aromatic rings. The summed E-state index contributed by atoms with van der Waals surface area (Å²) in [5, 5.41) is 0. The van der Waals surface area contributed by atoms with Gasteiger partial charge in [-0.2, -0.15) is 0 Å². The second-order valence-electron chi connectivity index (χ2n) is 19.0. The monoisotopic (exact) mass is 1020 g/mol. The number of unbranched alkanes of at least 4 members (excludes halogenated alkanes) is 21. The minimum atomic E-state index is -0.821. The van der Waals surface area contributed by atoms with Crippen LogP contribution in [0.15, 0.2) is 158 Å². The van der Waals surface area contributed by atoms with Crippen molar-refractivity contribution in [2.45, 2.75) is 239 Å². The summed E-state index contributed by atoms with van der Waals surface area (Å²) in [6, 6.07) is 0. The average Bonchev–Trinajstić information content (AvgIpc) is 3.40. The Morgan fingerprint density at radius 2 is 0.595 bits per heavy atom. The van der Waals surface area contributed by atoms with Gasteiger partial charge >= 0.3 is 17.9 Å². The fourth-order valence-corrected chi connectivity index (χ4v) is 7.58. The summed E-state index contributed by atoms with van der Waals surface area (Å²) in [4.78, 5) is 38.3. The molecule has 0 aliphatic heterocycles. The zero-order chi connectivity index (χ0) is 53.6. The predicted molar refractivity (Wildman–Crippen MR) is 320 cm³/mol. The van der Waals surface area contributed by atoms with E-state index in [9.17, 15) is 14.4 Å². The first kappa shape index (κ1) is 69.0. The van der Waals surface area contributed by atoms with Crippen LogP contribution in [0.3, 0.4) is 0 Å². The van der Waals surface area contributed by atoms with E-state index in [1.807, 2.05) is 72.9 Å². The molecule has 0 aromatic heterocycles. The van der Waals surface area contributed by atoms with Gasteiger partial charge in [-0.3, -0.25) is 14.4 Å². The van der Waals surface area contributed by atoms with Gasteiger partial charge in [-0.05, 0) is 103 Å². The van der Waals surface area contributed by atoms with E-state index in [1.165, 1.54) is 64.2 Å². The highest BCUT2D eigenvalue weighted by Crippen LogP contribution is 2.14. The molecular weight excluding hydrogens is 913 g/mol. The fourth-order valence-electron chi connectivity index (χ4n) is 7.58. The molecule has 0 rings (SSSR count). The van der Waals surface area contributed by atoms with E-state index in [4.69, 9.17) is 14.2 Å². The van der Waals surface area contributed by atoms with E-state index in [1.54, 1.807) is 0 Å². The molecule has 0 heterocycles. The van der Waals surface area contributed by atoms with Crippen LogP contribution < -0.4 is 0 Å². The van der Waals surface area contributed by atoms with Crippen molar-refractivity contribution in [1.82, 2.24) is 0 Å². The molecule has 0 spiro atoms. The third-order valence-corrected chi connectivity index (χ3v) is 12.0. The van der Waals surface area contributed by atoms with Gasteiger partial charge in [0.05, 0.1) is 0 Å². The summed E-state index contributed by atoms with van der Waals surface area (Å²) in [5.41, 5.74) is 0. The van der Waals surface area contributed by atoms with Crippen LogP contribution in [0, 0.1) is 0 Å². The predicted octanol–water partition coefficient (Wildman–Crippen LogP) is 20.1. The summed E-state index contributed by atoms with van der Waals surface area (Å²) >= 11 is 0. The third kappa shape index (κ3) is 57.9. The Hall–Kier alpha value is -4.97. The summed E-state index contributed by atoms with van der Waals surface area (Å²) < 4.78 is 16.8. The van der Waals surface area contributed by atoms with Crippen LogP contribution in [0.4, 0.5) is 0 Å². The normalized spacial score (nSPS) is 13.3. The summed E-state index contributed by atoms with van der Waals surface area (Å²) in [6.07, 6.45) is 87.9. The van der Waals surface area contributed by atoms with Crippen molar-refractivity contribution < 1.29 is 28.6 Å². The van der Waals surface area contributed by atoms with Crippen molar-refractivity contribution in [3.05, 3.63) is 158 Å². The van der Waals surface area contributed by atoms with Crippen molar-refractivity contribution in [3.63, 3.8) is 0 Å². The van der Waals surface area contributed by atoms with E-state index in [0.717, 1.165) is 122 Å². The highest BCUT2D eigenvalue weighted by Gasteiger charge is 2.19. The first-order valence-corrected chi connectivity index (χ1v) is 29.6. The lowest BCUT2D eigenvalue weighted by Crippen LogP contribution is -2.30. The number of hydrogen-bond acceptors (Lipinski definition) is 6. The van der Waals surface area contributed by atoms with Gasteiger partial charge in [-0.1, -0.05) is 269 Å². The first-order chi connectivity index (χ1) is 36.5. The Morgan fingerprint density at radius 3 is 1.01 bits per heavy atom. The highest BCUT2D eigenvalue weighted by molar-refractivity contribution is 5.71. The maximum atomic E-state index is 12.9. The molecule has 0 aromatic carbocycles. The number of allylic oxidation sites excluding steroid dienone is 26. The van der Waals surface area contributed by atoms with Gasteiger partial charge in [0.25, 0.3) is 0 Å². The molecule has 0 N–H and O–H groups in total. The van der Waals surface area contributed by atoms with E-state index in [0.29, 0.717) is 19.3 Å². The van der Waals surface area contributed by atoms with Crippen LogP contribution in [0.1, 0.15) is 233 Å². The molecule has 0 saturated heterocycles. The maximum absolute atomic E-state index is 12.9. The lowest BCUT2D eigenvalue weighted by atomic mass is 10.1. The van der Waals surface area contributed by atoms with Crippen molar-refractivity contribution in [3.8, 4) is 0 Å². The van der Waals surface area contributed by atoms with Gasteiger partial charge in [-0.25, -0.2) is 0 Å².